The summed E-state index contributed by atoms with van der Waals surface area (Å²) < 4.78 is 5.06. The molecule has 0 aliphatic carbocycles. The molecule has 2 nitrogen and oxygen atoms in total. The molecule has 0 saturated carbocycles. The predicted octanol–water partition coefficient (Wildman–Crippen LogP) is 2.65. The molecule has 0 fully saturated rings. The number of likely N-dealkylation sites (N-methyl/N-ethyl adjacent to an activating group) is 1. The van der Waals surface area contributed by atoms with Gasteiger partial charge in [-0.1, -0.05) is 18.2 Å². The largest absolute Gasteiger partial charge is 0.497 e. The van der Waals surface area contributed by atoms with Crippen molar-refractivity contribution in [3.63, 3.8) is 0 Å². The number of ether oxygens (including phenoxy) is 1. The molecule has 15 heavy (non-hydrogen) atoms. The van der Waals surface area contributed by atoms with Gasteiger partial charge in [-0.25, -0.2) is 0 Å². The van der Waals surface area contributed by atoms with Gasteiger partial charge in [-0.2, -0.15) is 0 Å². The van der Waals surface area contributed by atoms with E-state index in [1.165, 1.54) is 5.56 Å². The minimum Gasteiger partial charge on any atom is -0.497 e. The number of nitrogens with one attached hydrogen (secondary N) is 1. The Hall–Kier alpha value is -1.28. The third kappa shape index (κ3) is 6.75. The highest BCUT2D eigenvalue weighted by atomic mass is 16.5. The number of benzene rings is 1. The lowest BCUT2D eigenvalue weighted by atomic mass is 10.1. The average Bonchev–Trinajstić information content (AvgIpc) is 2.28. The zero-order chi connectivity index (χ0) is 11.5. The van der Waals surface area contributed by atoms with Gasteiger partial charge in [-0.05, 0) is 44.6 Å². The molecule has 0 saturated heterocycles. The fraction of sp³-hybridized carbons (Fsp3) is 0.385. The lowest BCUT2D eigenvalue weighted by molar-refractivity contribution is 0.414. The molecule has 0 aliphatic rings. The molecule has 0 atom stereocenters. The van der Waals surface area contributed by atoms with E-state index < -0.39 is 0 Å². The van der Waals surface area contributed by atoms with Crippen LogP contribution >= 0.6 is 0 Å². The molecule has 0 radical (unpaired) electrons. The monoisotopic (exact) mass is 207 g/mol. The van der Waals surface area contributed by atoms with Crippen LogP contribution < -0.4 is 10.1 Å². The molecule has 1 aromatic carbocycles. The summed E-state index contributed by atoms with van der Waals surface area (Å²) in [4.78, 5) is 0. The van der Waals surface area contributed by atoms with Gasteiger partial charge in [0.15, 0.2) is 0 Å². The van der Waals surface area contributed by atoms with E-state index in [0.29, 0.717) is 0 Å². The predicted molar refractivity (Wildman–Crippen MR) is 66.5 cm³/mol. The summed E-state index contributed by atoms with van der Waals surface area (Å²) in [5, 5.41) is 3.11. The van der Waals surface area contributed by atoms with Crippen molar-refractivity contribution in [2.75, 3.05) is 20.7 Å². The van der Waals surface area contributed by atoms with Gasteiger partial charge < -0.3 is 10.1 Å². The van der Waals surface area contributed by atoms with Crippen molar-refractivity contribution in [1.82, 2.24) is 5.32 Å². The molecule has 2 heteroatoms. The summed E-state index contributed by atoms with van der Waals surface area (Å²) in [7, 11) is 3.64. The number of hydrogen-bond acceptors (Lipinski definition) is 2. The minimum atomic E-state index is 0.920. The molecule has 1 rings (SSSR count). The molecule has 84 valence electrons. The van der Waals surface area contributed by atoms with Crippen LogP contribution in [0.2, 0.25) is 0 Å². The molecule has 1 aromatic rings. The highest BCUT2D eigenvalue weighted by Gasteiger charge is 1.92. The maximum Gasteiger partial charge on any atom is 0.118 e. The van der Waals surface area contributed by atoms with Crippen LogP contribution in [0.3, 0.4) is 0 Å². The second-order valence-electron chi connectivity index (χ2n) is 3.11. The van der Waals surface area contributed by atoms with Gasteiger partial charge in [-0.3, -0.25) is 0 Å². The van der Waals surface area contributed by atoms with E-state index in [1.807, 2.05) is 26.1 Å². The zero-order valence-corrected chi connectivity index (χ0v) is 9.92. The van der Waals surface area contributed by atoms with E-state index >= 15 is 0 Å². The molecular formula is C13H21NO. The lowest BCUT2D eigenvalue weighted by Gasteiger charge is -2.02. The number of allylic oxidation sites excluding steroid dienone is 1. The van der Waals surface area contributed by atoms with Crippen LogP contribution in [0.5, 0.6) is 5.75 Å². The van der Waals surface area contributed by atoms with Gasteiger partial charge in [0.1, 0.15) is 5.75 Å². The normalized spacial score (nSPS) is 8.73. The Kier molecular flexibility index (Phi) is 8.49. The summed E-state index contributed by atoms with van der Waals surface area (Å²) in [6.45, 7) is 6.27. The van der Waals surface area contributed by atoms with E-state index in [2.05, 4.69) is 24.0 Å². The quantitative estimate of drug-likeness (QED) is 0.766. The number of methoxy groups -OCH3 is 1. The molecule has 0 bridgehead atoms. The zero-order valence-electron chi connectivity index (χ0n) is 9.92. The smallest absolute Gasteiger partial charge is 0.118 e. The molecular weight excluding hydrogens is 186 g/mol. The third-order valence-corrected chi connectivity index (χ3v) is 1.82. The van der Waals surface area contributed by atoms with Crippen LogP contribution in [0.25, 0.3) is 0 Å². The summed E-state index contributed by atoms with van der Waals surface area (Å²) in [5.74, 6) is 0.920. The second-order valence-corrected chi connectivity index (χ2v) is 3.11. The van der Waals surface area contributed by atoms with Gasteiger partial charge in [-0.15, -0.1) is 6.58 Å². The average molecular weight is 207 g/mol. The standard InChI is InChI=1S/C10H15NO.C3H6/c1-11-8-7-9-3-5-10(12-2)6-4-9;1-3-2/h3-6,11H,7-8H2,1-2H3;3H,1H2,2H3. The Morgan fingerprint density at radius 3 is 2.27 bits per heavy atom. The first-order chi connectivity index (χ1) is 7.28. The first kappa shape index (κ1) is 13.7. The first-order valence-corrected chi connectivity index (χ1v) is 5.13. The van der Waals surface area contributed by atoms with Gasteiger partial charge in [0.2, 0.25) is 0 Å². The van der Waals surface area contributed by atoms with Crippen molar-refractivity contribution in [1.29, 1.82) is 0 Å². The van der Waals surface area contributed by atoms with Gasteiger partial charge in [0.25, 0.3) is 0 Å². The van der Waals surface area contributed by atoms with Crippen LogP contribution in [0.4, 0.5) is 0 Å². The summed E-state index contributed by atoms with van der Waals surface area (Å²) in [6, 6.07) is 8.17. The second kappa shape index (κ2) is 9.28. The summed E-state index contributed by atoms with van der Waals surface area (Å²) >= 11 is 0. The van der Waals surface area contributed by atoms with E-state index in [4.69, 9.17) is 4.74 Å². The third-order valence-electron chi connectivity index (χ3n) is 1.82. The van der Waals surface area contributed by atoms with E-state index in [1.54, 1.807) is 13.2 Å². The number of rotatable bonds is 4. The maximum absolute atomic E-state index is 5.06. The van der Waals surface area contributed by atoms with Crippen LogP contribution in [-0.2, 0) is 6.42 Å². The Bertz CT molecular complexity index is 254. The maximum atomic E-state index is 5.06. The van der Waals surface area contributed by atoms with Crippen LogP contribution in [0.1, 0.15) is 12.5 Å². The highest BCUT2D eigenvalue weighted by molar-refractivity contribution is 5.27. The van der Waals surface area contributed by atoms with Crippen molar-refractivity contribution >= 4 is 0 Å². The van der Waals surface area contributed by atoms with Gasteiger partial charge >= 0.3 is 0 Å². The molecule has 1 N–H and O–H groups in total. The molecule has 0 aliphatic heterocycles. The van der Waals surface area contributed by atoms with Crippen LogP contribution in [0, 0.1) is 0 Å². The van der Waals surface area contributed by atoms with E-state index in [0.717, 1.165) is 18.7 Å². The van der Waals surface area contributed by atoms with Crippen molar-refractivity contribution in [3.8, 4) is 5.75 Å². The SMILES string of the molecule is C=CC.CNCCc1ccc(OC)cc1. The van der Waals surface area contributed by atoms with Gasteiger partial charge in [0.05, 0.1) is 7.11 Å². The Morgan fingerprint density at radius 1 is 1.33 bits per heavy atom. The molecule has 0 amide bonds. The van der Waals surface area contributed by atoms with Crippen molar-refractivity contribution < 1.29 is 4.74 Å². The fourth-order valence-electron chi connectivity index (χ4n) is 1.06. The molecule has 0 spiro atoms. The topological polar surface area (TPSA) is 21.3 Å². The molecule has 0 unspecified atom stereocenters. The Balaban J connectivity index is 0.000000583. The lowest BCUT2D eigenvalue weighted by Crippen LogP contribution is -2.10. The first-order valence-electron chi connectivity index (χ1n) is 5.13. The van der Waals surface area contributed by atoms with E-state index in [9.17, 15) is 0 Å². The molecule has 0 aromatic heterocycles. The van der Waals surface area contributed by atoms with Crippen molar-refractivity contribution in [3.05, 3.63) is 42.5 Å². The minimum absolute atomic E-state index is 0.920. The van der Waals surface area contributed by atoms with Crippen molar-refractivity contribution in [2.45, 2.75) is 13.3 Å². The highest BCUT2D eigenvalue weighted by Crippen LogP contribution is 2.11. The van der Waals surface area contributed by atoms with E-state index in [-0.39, 0.29) is 0 Å². The summed E-state index contributed by atoms with van der Waals surface area (Å²) in [6.07, 6.45) is 2.82. The van der Waals surface area contributed by atoms with Crippen LogP contribution in [0.15, 0.2) is 36.9 Å². The van der Waals surface area contributed by atoms with Crippen molar-refractivity contribution in [2.24, 2.45) is 0 Å². The molecule has 0 heterocycles. The summed E-state index contributed by atoms with van der Waals surface area (Å²) in [5.41, 5.74) is 1.34. The van der Waals surface area contributed by atoms with Gasteiger partial charge in [0, 0.05) is 0 Å². The Labute approximate surface area is 93.0 Å². The number of hydrogen-bond donors (Lipinski definition) is 1. The fourth-order valence-corrected chi connectivity index (χ4v) is 1.06. The van der Waals surface area contributed by atoms with Crippen LogP contribution in [-0.4, -0.2) is 20.7 Å². The Morgan fingerprint density at radius 2 is 1.87 bits per heavy atom.